The first-order valence-corrected chi connectivity index (χ1v) is 7.37. The van der Waals surface area contributed by atoms with Gasteiger partial charge in [-0.3, -0.25) is 0 Å². The Balaban J connectivity index is 1.72. The lowest BCUT2D eigenvalue weighted by Crippen LogP contribution is -2.49. The second-order valence-corrected chi connectivity index (χ2v) is 6.83. The van der Waals surface area contributed by atoms with Crippen molar-refractivity contribution in [1.29, 1.82) is 0 Å². The molecule has 4 aliphatic rings. The van der Waals surface area contributed by atoms with E-state index in [1.165, 1.54) is 44.3 Å². The SMILES string of the molecule is NCCn1cnnc1C12CC3CC(CC(C3)C1)C2. The summed E-state index contributed by atoms with van der Waals surface area (Å²) in [7, 11) is 0. The van der Waals surface area contributed by atoms with Crippen molar-refractivity contribution in [3.63, 3.8) is 0 Å². The molecular weight excluding hydrogens is 224 g/mol. The number of aromatic nitrogens is 3. The molecule has 1 aromatic heterocycles. The van der Waals surface area contributed by atoms with Crippen molar-refractivity contribution in [3.8, 4) is 0 Å². The van der Waals surface area contributed by atoms with E-state index in [9.17, 15) is 0 Å². The van der Waals surface area contributed by atoms with Crippen LogP contribution >= 0.6 is 0 Å². The van der Waals surface area contributed by atoms with Gasteiger partial charge in [-0.15, -0.1) is 10.2 Å². The zero-order valence-electron chi connectivity index (χ0n) is 10.9. The van der Waals surface area contributed by atoms with Crippen LogP contribution in [0.4, 0.5) is 0 Å². The molecule has 4 heteroatoms. The molecule has 4 nitrogen and oxygen atoms in total. The summed E-state index contributed by atoms with van der Waals surface area (Å²) in [4.78, 5) is 0. The first kappa shape index (κ1) is 11.0. The highest BCUT2D eigenvalue weighted by Crippen LogP contribution is 2.60. The van der Waals surface area contributed by atoms with E-state index in [2.05, 4.69) is 14.8 Å². The summed E-state index contributed by atoms with van der Waals surface area (Å²) in [5, 5.41) is 8.64. The molecule has 0 atom stereocenters. The van der Waals surface area contributed by atoms with Crippen molar-refractivity contribution in [3.05, 3.63) is 12.2 Å². The Morgan fingerprint density at radius 2 is 1.78 bits per heavy atom. The fourth-order valence-electron chi connectivity index (χ4n) is 5.35. The van der Waals surface area contributed by atoms with Crippen molar-refractivity contribution < 1.29 is 0 Å². The number of nitrogens with zero attached hydrogens (tertiary/aromatic N) is 3. The van der Waals surface area contributed by atoms with E-state index in [1.54, 1.807) is 0 Å². The molecule has 0 saturated heterocycles. The summed E-state index contributed by atoms with van der Waals surface area (Å²) in [6.07, 6.45) is 10.4. The Bertz CT molecular complexity index is 415. The van der Waals surface area contributed by atoms with Gasteiger partial charge in [0.2, 0.25) is 0 Å². The molecule has 0 spiro atoms. The van der Waals surface area contributed by atoms with E-state index >= 15 is 0 Å². The van der Waals surface area contributed by atoms with Gasteiger partial charge in [0.25, 0.3) is 0 Å². The molecule has 0 radical (unpaired) electrons. The lowest BCUT2D eigenvalue weighted by atomic mass is 9.49. The highest BCUT2D eigenvalue weighted by Gasteiger charge is 2.53. The third-order valence-electron chi connectivity index (χ3n) is 5.50. The van der Waals surface area contributed by atoms with Gasteiger partial charge in [0.05, 0.1) is 0 Å². The summed E-state index contributed by atoms with van der Waals surface area (Å²) >= 11 is 0. The maximum atomic E-state index is 5.70. The summed E-state index contributed by atoms with van der Waals surface area (Å²) in [6, 6.07) is 0. The van der Waals surface area contributed by atoms with Crippen LogP contribution in [-0.4, -0.2) is 21.3 Å². The fraction of sp³-hybridized carbons (Fsp3) is 0.857. The van der Waals surface area contributed by atoms with Crippen LogP contribution in [0.25, 0.3) is 0 Å². The van der Waals surface area contributed by atoms with Crippen LogP contribution in [0.1, 0.15) is 44.3 Å². The van der Waals surface area contributed by atoms with Crippen molar-refractivity contribution in [2.45, 2.75) is 50.5 Å². The number of nitrogens with two attached hydrogens (primary N) is 1. The van der Waals surface area contributed by atoms with E-state index in [0.29, 0.717) is 12.0 Å². The molecule has 4 aliphatic carbocycles. The van der Waals surface area contributed by atoms with Gasteiger partial charge in [-0.05, 0) is 56.3 Å². The lowest BCUT2D eigenvalue weighted by molar-refractivity contribution is -0.0111. The number of hydrogen-bond acceptors (Lipinski definition) is 3. The van der Waals surface area contributed by atoms with E-state index in [1.807, 2.05) is 6.33 Å². The molecule has 4 saturated carbocycles. The molecule has 0 aliphatic heterocycles. The Hall–Kier alpha value is -0.900. The van der Waals surface area contributed by atoms with Crippen molar-refractivity contribution in [2.24, 2.45) is 23.5 Å². The molecular formula is C14H22N4. The molecule has 1 aromatic rings. The van der Waals surface area contributed by atoms with Gasteiger partial charge >= 0.3 is 0 Å². The zero-order valence-corrected chi connectivity index (χ0v) is 10.9. The smallest absolute Gasteiger partial charge is 0.139 e. The second kappa shape index (κ2) is 3.80. The second-order valence-electron chi connectivity index (χ2n) is 6.83. The summed E-state index contributed by atoms with van der Waals surface area (Å²) in [5.41, 5.74) is 6.05. The molecule has 98 valence electrons. The van der Waals surface area contributed by atoms with E-state index in [-0.39, 0.29) is 0 Å². The Kier molecular flexibility index (Phi) is 2.31. The predicted octanol–water partition coefficient (Wildman–Crippen LogP) is 1.70. The van der Waals surface area contributed by atoms with Crippen LogP contribution in [0.5, 0.6) is 0 Å². The first-order chi connectivity index (χ1) is 8.79. The minimum absolute atomic E-state index is 0.348. The van der Waals surface area contributed by atoms with Crippen molar-refractivity contribution in [1.82, 2.24) is 14.8 Å². The fourth-order valence-corrected chi connectivity index (χ4v) is 5.35. The van der Waals surface area contributed by atoms with Gasteiger partial charge in [0.1, 0.15) is 12.2 Å². The highest BCUT2D eigenvalue weighted by atomic mass is 15.3. The minimum Gasteiger partial charge on any atom is -0.329 e. The third kappa shape index (κ3) is 1.48. The largest absolute Gasteiger partial charge is 0.329 e. The maximum absolute atomic E-state index is 5.70. The standard InChI is InChI=1S/C14H22N4/c15-1-2-18-9-16-17-13(18)14-6-10-3-11(7-14)5-12(4-10)8-14/h9-12H,1-8,15H2. The first-order valence-electron chi connectivity index (χ1n) is 7.37. The Morgan fingerprint density at radius 3 is 2.33 bits per heavy atom. The molecule has 5 rings (SSSR count). The lowest BCUT2D eigenvalue weighted by Gasteiger charge is -2.56. The van der Waals surface area contributed by atoms with Gasteiger partial charge in [-0.25, -0.2) is 0 Å². The van der Waals surface area contributed by atoms with Crippen LogP contribution in [-0.2, 0) is 12.0 Å². The van der Waals surface area contributed by atoms with Gasteiger partial charge in [0.15, 0.2) is 0 Å². The van der Waals surface area contributed by atoms with Crippen LogP contribution in [0, 0.1) is 17.8 Å². The average molecular weight is 246 g/mol. The van der Waals surface area contributed by atoms with Crippen LogP contribution in [0.3, 0.4) is 0 Å². The van der Waals surface area contributed by atoms with Gasteiger partial charge < -0.3 is 10.3 Å². The summed E-state index contributed by atoms with van der Waals surface area (Å²) < 4.78 is 2.22. The average Bonchev–Trinajstić information content (AvgIpc) is 2.76. The van der Waals surface area contributed by atoms with Crippen LogP contribution in [0.2, 0.25) is 0 Å². The van der Waals surface area contributed by atoms with E-state index < -0.39 is 0 Å². The van der Waals surface area contributed by atoms with Gasteiger partial charge in [-0.2, -0.15) is 0 Å². The van der Waals surface area contributed by atoms with Crippen LogP contribution in [0.15, 0.2) is 6.33 Å². The van der Waals surface area contributed by atoms with Gasteiger partial charge in [0, 0.05) is 18.5 Å². The third-order valence-corrected chi connectivity index (χ3v) is 5.50. The summed E-state index contributed by atoms with van der Waals surface area (Å²) in [5.74, 6) is 4.12. The Morgan fingerprint density at radius 1 is 1.17 bits per heavy atom. The quantitative estimate of drug-likeness (QED) is 0.883. The molecule has 0 amide bonds. The predicted molar refractivity (Wildman–Crippen MR) is 68.9 cm³/mol. The molecule has 0 unspecified atom stereocenters. The minimum atomic E-state index is 0.348. The molecule has 4 fully saturated rings. The number of hydrogen-bond donors (Lipinski definition) is 1. The molecule has 0 aromatic carbocycles. The summed E-state index contributed by atoms with van der Waals surface area (Å²) in [6.45, 7) is 1.54. The van der Waals surface area contributed by atoms with E-state index in [4.69, 9.17) is 5.73 Å². The van der Waals surface area contributed by atoms with Crippen molar-refractivity contribution >= 4 is 0 Å². The topological polar surface area (TPSA) is 56.7 Å². The molecule has 2 N–H and O–H groups in total. The van der Waals surface area contributed by atoms with Crippen LogP contribution < -0.4 is 5.73 Å². The maximum Gasteiger partial charge on any atom is 0.139 e. The number of rotatable bonds is 3. The van der Waals surface area contributed by atoms with E-state index in [0.717, 1.165) is 24.3 Å². The van der Waals surface area contributed by atoms with Crippen molar-refractivity contribution in [2.75, 3.05) is 6.54 Å². The Labute approximate surface area is 108 Å². The monoisotopic (exact) mass is 246 g/mol. The van der Waals surface area contributed by atoms with Gasteiger partial charge in [-0.1, -0.05) is 0 Å². The normalized spacial score (nSPS) is 41.5. The molecule has 4 bridgehead atoms. The molecule has 1 heterocycles. The molecule has 18 heavy (non-hydrogen) atoms. The zero-order chi connectivity index (χ0) is 12.2. The highest BCUT2D eigenvalue weighted by molar-refractivity contribution is 5.17.